The molecule has 2 amide bonds. The van der Waals surface area contributed by atoms with Crippen LogP contribution in [-0.4, -0.2) is 52.8 Å². The number of benzene rings is 1. The summed E-state index contributed by atoms with van der Waals surface area (Å²) in [5.74, 6) is 1.90. The summed E-state index contributed by atoms with van der Waals surface area (Å²) in [5, 5.41) is 0. The SMILES string of the molecule is Cc1ccc(C(=O)N2CC[C@@H]3CCCC[C@H]3C2)c(C2CCN(C(=O)c3cccc(Br)c3)CC2)n1. The van der Waals surface area contributed by atoms with Gasteiger partial charge in [0.1, 0.15) is 0 Å². The van der Waals surface area contributed by atoms with Crippen LogP contribution < -0.4 is 0 Å². The summed E-state index contributed by atoms with van der Waals surface area (Å²) in [6.07, 6.45) is 8.06. The van der Waals surface area contributed by atoms with Crippen molar-refractivity contribution >= 4 is 27.7 Å². The van der Waals surface area contributed by atoms with Crippen molar-refractivity contribution in [3.05, 3.63) is 63.4 Å². The topological polar surface area (TPSA) is 53.5 Å². The molecule has 2 aliphatic heterocycles. The van der Waals surface area contributed by atoms with Crippen LogP contribution in [-0.2, 0) is 0 Å². The smallest absolute Gasteiger partial charge is 0.255 e. The van der Waals surface area contributed by atoms with Crippen molar-refractivity contribution in [2.75, 3.05) is 26.2 Å². The number of aryl methyl sites for hydroxylation is 1. The lowest BCUT2D eigenvalue weighted by molar-refractivity contribution is 0.0517. The van der Waals surface area contributed by atoms with Crippen molar-refractivity contribution < 1.29 is 9.59 Å². The molecule has 0 bridgehead atoms. The molecular weight excluding hydrogens is 490 g/mol. The number of aromatic nitrogens is 1. The van der Waals surface area contributed by atoms with Gasteiger partial charge in [0.05, 0.1) is 11.3 Å². The Labute approximate surface area is 211 Å². The van der Waals surface area contributed by atoms with E-state index in [1.54, 1.807) is 0 Å². The predicted octanol–water partition coefficient (Wildman–Crippen LogP) is 5.82. The normalized spacial score (nSPS) is 23.5. The van der Waals surface area contributed by atoms with Gasteiger partial charge in [0.15, 0.2) is 0 Å². The van der Waals surface area contributed by atoms with E-state index in [4.69, 9.17) is 4.98 Å². The average molecular weight is 525 g/mol. The van der Waals surface area contributed by atoms with Crippen LogP contribution in [0.4, 0.5) is 0 Å². The Morgan fingerprint density at radius 2 is 1.62 bits per heavy atom. The van der Waals surface area contributed by atoms with Crippen LogP contribution in [0.5, 0.6) is 0 Å². The summed E-state index contributed by atoms with van der Waals surface area (Å²) in [6.45, 7) is 5.14. The Hall–Kier alpha value is -2.21. The number of hydrogen-bond donors (Lipinski definition) is 0. The lowest BCUT2D eigenvalue weighted by Gasteiger charge is -2.41. The van der Waals surface area contributed by atoms with Crippen molar-refractivity contribution in [2.24, 2.45) is 11.8 Å². The number of hydrogen-bond acceptors (Lipinski definition) is 3. The third-order valence-corrected chi connectivity index (χ3v) is 8.61. The molecule has 3 heterocycles. The van der Waals surface area contributed by atoms with Gasteiger partial charge in [0.25, 0.3) is 11.8 Å². The number of fused-ring (bicyclic) bond motifs is 1. The minimum Gasteiger partial charge on any atom is -0.339 e. The molecule has 5 nitrogen and oxygen atoms in total. The van der Waals surface area contributed by atoms with Crippen LogP contribution in [0.2, 0.25) is 0 Å². The highest BCUT2D eigenvalue weighted by atomic mass is 79.9. The zero-order valence-corrected chi connectivity index (χ0v) is 21.6. The largest absolute Gasteiger partial charge is 0.339 e. The van der Waals surface area contributed by atoms with Crippen LogP contribution in [0.15, 0.2) is 40.9 Å². The second-order valence-electron chi connectivity index (χ2n) is 10.3. The highest BCUT2D eigenvalue weighted by Crippen LogP contribution is 2.37. The first-order valence-electron chi connectivity index (χ1n) is 12.8. The lowest BCUT2D eigenvalue weighted by Crippen LogP contribution is -2.45. The minimum absolute atomic E-state index is 0.0728. The molecule has 0 N–H and O–H groups in total. The summed E-state index contributed by atoms with van der Waals surface area (Å²) < 4.78 is 0.914. The Morgan fingerprint density at radius 1 is 0.882 bits per heavy atom. The molecule has 1 aromatic heterocycles. The average Bonchev–Trinajstić information content (AvgIpc) is 2.87. The molecule has 2 atom stereocenters. The van der Waals surface area contributed by atoms with Crippen LogP contribution in [0.25, 0.3) is 0 Å². The van der Waals surface area contributed by atoms with Crippen molar-refractivity contribution in [1.29, 1.82) is 0 Å². The quantitative estimate of drug-likeness (QED) is 0.508. The molecule has 3 aliphatic rings. The van der Waals surface area contributed by atoms with E-state index in [0.717, 1.165) is 59.7 Å². The van der Waals surface area contributed by atoms with Gasteiger partial charge in [-0.2, -0.15) is 0 Å². The van der Waals surface area contributed by atoms with Gasteiger partial charge in [-0.15, -0.1) is 0 Å². The Bertz CT molecular complexity index is 1060. The predicted molar refractivity (Wildman–Crippen MR) is 137 cm³/mol. The molecule has 3 fully saturated rings. The molecule has 0 unspecified atom stereocenters. The maximum atomic E-state index is 13.7. The summed E-state index contributed by atoms with van der Waals surface area (Å²) in [6, 6.07) is 11.5. The number of amides is 2. The molecule has 1 saturated carbocycles. The van der Waals surface area contributed by atoms with E-state index in [-0.39, 0.29) is 17.7 Å². The molecule has 1 aliphatic carbocycles. The highest BCUT2D eigenvalue weighted by Gasteiger charge is 2.35. The fourth-order valence-corrected chi connectivity index (χ4v) is 6.58. The third-order valence-electron chi connectivity index (χ3n) is 8.11. The summed E-state index contributed by atoms with van der Waals surface area (Å²) >= 11 is 3.46. The highest BCUT2D eigenvalue weighted by molar-refractivity contribution is 9.10. The van der Waals surface area contributed by atoms with Gasteiger partial charge in [0, 0.05) is 47.8 Å². The fraction of sp³-hybridized carbons (Fsp3) is 0.536. The number of halogens is 1. The number of carbonyl (C=O) groups excluding carboxylic acids is 2. The molecule has 2 aromatic rings. The zero-order valence-electron chi connectivity index (χ0n) is 20.0. The summed E-state index contributed by atoms with van der Waals surface area (Å²) in [4.78, 5) is 35.5. The van der Waals surface area contributed by atoms with Gasteiger partial charge >= 0.3 is 0 Å². The van der Waals surface area contributed by atoms with E-state index in [1.807, 2.05) is 48.2 Å². The molecular formula is C28H34BrN3O2. The number of rotatable bonds is 3. The van der Waals surface area contributed by atoms with Gasteiger partial charge < -0.3 is 9.80 Å². The first-order valence-corrected chi connectivity index (χ1v) is 13.6. The zero-order chi connectivity index (χ0) is 23.7. The lowest BCUT2D eigenvalue weighted by atomic mass is 9.75. The molecule has 180 valence electrons. The van der Waals surface area contributed by atoms with Gasteiger partial charge in [-0.05, 0) is 74.8 Å². The molecule has 0 spiro atoms. The number of piperidine rings is 2. The fourth-order valence-electron chi connectivity index (χ4n) is 6.18. The van der Waals surface area contributed by atoms with E-state index in [9.17, 15) is 9.59 Å². The van der Waals surface area contributed by atoms with Crippen molar-refractivity contribution in [3.8, 4) is 0 Å². The molecule has 6 heteroatoms. The maximum absolute atomic E-state index is 13.7. The van der Waals surface area contributed by atoms with E-state index in [2.05, 4.69) is 20.8 Å². The second-order valence-corrected chi connectivity index (χ2v) is 11.2. The van der Waals surface area contributed by atoms with Crippen LogP contribution in [0, 0.1) is 18.8 Å². The minimum atomic E-state index is 0.0728. The van der Waals surface area contributed by atoms with E-state index in [1.165, 1.54) is 25.7 Å². The Kier molecular flexibility index (Phi) is 7.05. The number of pyridine rings is 1. The number of carbonyl (C=O) groups is 2. The van der Waals surface area contributed by atoms with E-state index < -0.39 is 0 Å². The summed E-state index contributed by atoms with van der Waals surface area (Å²) in [7, 11) is 0. The van der Waals surface area contributed by atoms with Gasteiger partial charge in [0.2, 0.25) is 0 Å². The number of nitrogens with zero attached hydrogens (tertiary/aromatic N) is 3. The van der Waals surface area contributed by atoms with Gasteiger partial charge in [-0.25, -0.2) is 0 Å². The van der Waals surface area contributed by atoms with E-state index >= 15 is 0 Å². The summed E-state index contributed by atoms with van der Waals surface area (Å²) in [5.41, 5.74) is 3.37. The van der Waals surface area contributed by atoms with Gasteiger partial charge in [-0.1, -0.05) is 41.3 Å². The molecule has 2 saturated heterocycles. The monoisotopic (exact) mass is 523 g/mol. The molecule has 34 heavy (non-hydrogen) atoms. The van der Waals surface area contributed by atoms with Gasteiger partial charge in [-0.3, -0.25) is 14.6 Å². The molecule has 5 rings (SSSR count). The molecule has 1 aromatic carbocycles. The van der Waals surface area contributed by atoms with E-state index in [0.29, 0.717) is 24.6 Å². The molecule has 0 radical (unpaired) electrons. The standard InChI is InChI=1S/C28H34BrN3O2/c1-19-9-10-25(28(34)32-16-11-20-5-2-3-6-23(20)18-32)26(30-19)21-12-14-31(15-13-21)27(33)22-7-4-8-24(29)17-22/h4,7-10,17,20-21,23H,2-3,5-6,11-16,18H2,1H3/t20-,23-/m0/s1. The number of likely N-dealkylation sites (tertiary alicyclic amines) is 2. The van der Waals surface area contributed by atoms with Crippen molar-refractivity contribution in [3.63, 3.8) is 0 Å². The first kappa shape index (κ1) is 23.5. The Balaban J connectivity index is 1.29. The first-order chi connectivity index (χ1) is 16.5. The van der Waals surface area contributed by atoms with Crippen molar-refractivity contribution in [2.45, 2.75) is 57.8 Å². The maximum Gasteiger partial charge on any atom is 0.255 e. The van der Waals surface area contributed by atoms with Crippen molar-refractivity contribution in [1.82, 2.24) is 14.8 Å². The Morgan fingerprint density at radius 3 is 2.38 bits per heavy atom. The third kappa shape index (κ3) is 4.93. The van der Waals surface area contributed by atoms with Crippen LogP contribution in [0.1, 0.15) is 83.0 Å². The second kappa shape index (κ2) is 10.2. The van der Waals surface area contributed by atoms with Crippen LogP contribution in [0.3, 0.4) is 0 Å². The van der Waals surface area contributed by atoms with Crippen LogP contribution >= 0.6 is 15.9 Å².